The summed E-state index contributed by atoms with van der Waals surface area (Å²) in [7, 11) is 0. The van der Waals surface area contributed by atoms with Crippen molar-refractivity contribution in [2.24, 2.45) is 4.99 Å². The van der Waals surface area contributed by atoms with Gasteiger partial charge in [-0.05, 0) is 37.6 Å². The molecular weight excluding hydrogens is 342 g/mol. The molecule has 0 bridgehead atoms. The zero-order valence-electron chi connectivity index (χ0n) is 15.5. The first-order valence-corrected chi connectivity index (χ1v) is 9.11. The highest BCUT2D eigenvalue weighted by Gasteiger charge is 2.28. The van der Waals surface area contributed by atoms with Gasteiger partial charge in [0.2, 0.25) is 0 Å². The highest BCUT2D eigenvalue weighted by atomic mass is 16.4. The molecule has 4 rings (SSSR count). The fourth-order valence-electron chi connectivity index (χ4n) is 3.22. The minimum absolute atomic E-state index is 0.0486. The van der Waals surface area contributed by atoms with Crippen molar-refractivity contribution in [1.29, 1.82) is 0 Å². The second kappa shape index (κ2) is 7.00. The van der Waals surface area contributed by atoms with Gasteiger partial charge in [0.25, 0.3) is 11.9 Å². The molecule has 2 N–H and O–H groups in total. The van der Waals surface area contributed by atoms with Crippen molar-refractivity contribution in [3.05, 3.63) is 53.6 Å². The summed E-state index contributed by atoms with van der Waals surface area (Å²) < 4.78 is 5.88. The highest BCUT2D eigenvalue weighted by Crippen LogP contribution is 2.30. The van der Waals surface area contributed by atoms with Crippen molar-refractivity contribution in [3.63, 3.8) is 0 Å². The molecule has 1 fully saturated rings. The van der Waals surface area contributed by atoms with Crippen LogP contribution in [0.1, 0.15) is 28.6 Å². The number of aromatic nitrogens is 1. The number of amides is 1. The maximum Gasteiger partial charge on any atom is 0.299 e. The zero-order valence-corrected chi connectivity index (χ0v) is 15.5. The smallest absolute Gasteiger partial charge is 0.299 e. The van der Waals surface area contributed by atoms with E-state index in [4.69, 9.17) is 4.42 Å². The minimum Gasteiger partial charge on any atom is -0.427 e. The van der Waals surface area contributed by atoms with Gasteiger partial charge >= 0.3 is 0 Å². The number of carbonyl (C=O) groups is 1. The second-order valence-corrected chi connectivity index (χ2v) is 7.10. The molecular formula is C20H23N5O2. The third-order valence-corrected chi connectivity index (χ3v) is 5.02. The molecule has 27 heavy (non-hydrogen) atoms. The molecule has 7 nitrogen and oxygen atoms in total. The van der Waals surface area contributed by atoms with Gasteiger partial charge in [0.05, 0.1) is 11.6 Å². The Hall–Kier alpha value is -2.93. The summed E-state index contributed by atoms with van der Waals surface area (Å²) in [6, 6.07) is 6.07. The van der Waals surface area contributed by atoms with Crippen LogP contribution in [0.5, 0.6) is 0 Å². The number of nitrogens with one attached hydrogen (secondary N) is 2. The van der Waals surface area contributed by atoms with E-state index in [1.807, 2.05) is 49.2 Å². The number of aryl methyl sites for hydroxylation is 1. The van der Waals surface area contributed by atoms with E-state index in [0.717, 1.165) is 37.4 Å². The monoisotopic (exact) mass is 365 g/mol. The highest BCUT2D eigenvalue weighted by molar-refractivity contribution is 5.95. The lowest BCUT2D eigenvalue weighted by Gasteiger charge is -2.27. The predicted molar refractivity (Wildman–Crippen MR) is 105 cm³/mol. The van der Waals surface area contributed by atoms with Crippen molar-refractivity contribution in [2.75, 3.05) is 31.5 Å². The molecule has 1 aromatic heterocycles. The predicted octanol–water partition coefficient (Wildman–Crippen LogP) is 2.63. The molecule has 1 unspecified atom stereocenters. The molecule has 7 heteroatoms. The van der Waals surface area contributed by atoms with E-state index in [2.05, 4.69) is 20.6 Å². The molecule has 1 aromatic carbocycles. The first kappa shape index (κ1) is 17.5. The average molecular weight is 365 g/mol. The van der Waals surface area contributed by atoms with Gasteiger partial charge in [-0.1, -0.05) is 6.07 Å². The van der Waals surface area contributed by atoms with Crippen LogP contribution in [0.3, 0.4) is 0 Å². The molecule has 1 saturated heterocycles. The van der Waals surface area contributed by atoms with Gasteiger partial charge in [-0.25, -0.2) is 4.98 Å². The SMILES string of the molecule is Cc1ccc(C(=O)N2CCNCC2)cc1Nc1ncc(C2(C)C=CN=C2)o1. The van der Waals surface area contributed by atoms with E-state index in [1.54, 1.807) is 12.4 Å². The number of allylic oxidation sites excluding steroid dienone is 1. The number of rotatable bonds is 4. The third kappa shape index (κ3) is 3.50. The van der Waals surface area contributed by atoms with Crippen LogP contribution in [0.15, 0.2) is 46.1 Å². The van der Waals surface area contributed by atoms with Gasteiger partial charge in [0, 0.05) is 49.8 Å². The van der Waals surface area contributed by atoms with Crippen molar-refractivity contribution < 1.29 is 9.21 Å². The molecule has 2 aliphatic heterocycles. The van der Waals surface area contributed by atoms with E-state index in [-0.39, 0.29) is 11.3 Å². The molecule has 1 amide bonds. The van der Waals surface area contributed by atoms with Gasteiger partial charge in [-0.2, -0.15) is 0 Å². The normalized spacial score (nSPS) is 21.6. The molecule has 0 saturated carbocycles. The van der Waals surface area contributed by atoms with E-state index in [9.17, 15) is 4.79 Å². The molecule has 0 radical (unpaired) electrons. The molecule has 1 atom stereocenters. The topological polar surface area (TPSA) is 82.8 Å². The van der Waals surface area contributed by atoms with E-state index in [0.29, 0.717) is 17.3 Å². The Kier molecular flexibility index (Phi) is 4.53. The van der Waals surface area contributed by atoms with Gasteiger partial charge < -0.3 is 20.0 Å². The Morgan fingerprint density at radius 3 is 2.89 bits per heavy atom. The number of anilines is 2. The summed E-state index contributed by atoms with van der Waals surface area (Å²) in [6.07, 6.45) is 7.25. The summed E-state index contributed by atoms with van der Waals surface area (Å²) in [5.41, 5.74) is 2.11. The summed E-state index contributed by atoms with van der Waals surface area (Å²) >= 11 is 0. The van der Waals surface area contributed by atoms with Gasteiger partial charge in [0.1, 0.15) is 5.76 Å². The standard InChI is InChI=1S/C20H23N5O2/c1-14-3-4-15(18(26)25-9-7-21-8-10-25)11-16(14)24-19-23-12-17(27-19)20(2)5-6-22-13-20/h3-6,11-13,21H,7-10H2,1-2H3,(H,23,24). The number of piperazine rings is 1. The average Bonchev–Trinajstić information content (AvgIpc) is 3.34. The van der Waals surface area contributed by atoms with E-state index < -0.39 is 0 Å². The summed E-state index contributed by atoms with van der Waals surface area (Å²) in [5, 5.41) is 6.46. The van der Waals surface area contributed by atoms with Crippen LogP contribution in [0.25, 0.3) is 0 Å². The zero-order chi connectivity index (χ0) is 18.9. The van der Waals surface area contributed by atoms with Crippen molar-refractivity contribution in [2.45, 2.75) is 19.3 Å². The Labute approximate surface area is 158 Å². The number of hydrogen-bond acceptors (Lipinski definition) is 6. The van der Waals surface area contributed by atoms with E-state index >= 15 is 0 Å². The summed E-state index contributed by atoms with van der Waals surface area (Å²) in [6.45, 7) is 7.12. The van der Waals surface area contributed by atoms with Crippen LogP contribution < -0.4 is 10.6 Å². The lowest BCUT2D eigenvalue weighted by Crippen LogP contribution is -2.46. The van der Waals surface area contributed by atoms with Crippen LogP contribution in [0, 0.1) is 6.92 Å². The van der Waals surface area contributed by atoms with Crippen LogP contribution in [0.4, 0.5) is 11.7 Å². The molecule has 0 spiro atoms. The molecule has 2 aromatic rings. The number of carbonyl (C=O) groups excluding carboxylic acids is 1. The van der Waals surface area contributed by atoms with Crippen molar-refractivity contribution >= 4 is 23.8 Å². The number of nitrogens with zero attached hydrogens (tertiary/aromatic N) is 3. The first-order valence-electron chi connectivity index (χ1n) is 9.11. The fourth-order valence-corrected chi connectivity index (χ4v) is 3.22. The Morgan fingerprint density at radius 1 is 1.33 bits per heavy atom. The quantitative estimate of drug-likeness (QED) is 0.870. The lowest BCUT2D eigenvalue weighted by atomic mass is 9.91. The van der Waals surface area contributed by atoms with Crippen LogP contribution in [-0.2, 0) is 5.41 Å². The number of oxazole rings is 1. The fraction of sp³-hybridized carbons (Fsp3) is 0.350. The molecule has 0 aliphatic carbocycles. The Balaban J connectivity index is 1.54. The van der Waals surface area contributed by atoms with Crippen LogP contribution in [-0.4, -0.2) is 48.2 Å². The van der Waals surface area contributed by atoms with Crippen LogP contribution >= 0.6 is 0 Å². The number of aliphatic imine (C=N–C) groups is 1. The van der Waals surface area contributed by atoms with Crippen LogP contribution in [0.2, 0.25) is 0 Å². The van der Waals surface area contributed by atoms with Gasteiger partial charge in [-0.15, -0.1) is 0 Å². The summed E-state index contributed by atoms with van der Waals surface area (Å²) in [4.78, 5) is 23.1. The summed E-state index contributed by atoms with van der Waals surface area (Å²) in [5.74, 6) is 0.764. The maximum atomic E-state index is 12.7. The Morgan fingerprint density at radius 2 is 2.15 bits per heavy atom. The third-order valence-electron chi connectivity index (χ3n) is 5.02. The number of hydrogen-bond donors (Lipinski definition) is 2. The Bertz CT molecular complexity index is 897. The molecule has 2 aliphatic rings. The van der Waals surface area contributed by atoms with Gasteiger partial charge in [-0.3, -0.25) is 9.79 Å². The second-order valence-electron chi connectivity index (χ2n) is 7.10. The van der Waals surface area contributed by atoms with Gasteiger partial charge in [0.15, 0.2) is 0 Å². The van der Waals surface area contributed by atoms with Crippen molar-refractivity contribution in [1.82, 2.24) is 15.2 Å². The largest absolute Gasteiger partial charge is 0.427 e. The minimum atomic E-state index is -0.373. The van der Waals surface area contributed by atoms with E-state index in [1.165, 1.54) is 0 Å². The molecule has 3 heterocycles. The lowest BCUT2D eigenvalue weighted by molar-refractivity contribution is 0.0736. The maximum absolute atomic E-state index is 12.7. The number of benzene rings is 1. The first-order chi connectivity index (χ1) is 13.0. The van der Waals surface area contributed by atoms with Crippen molar-refractivity contribution in [3.8, 4) is 0 Å². The molecule has 140 valence electrons.